The van der Waals surface area contributed by atoms with Gasteiger partial charge in [0.25, 0.3) is 0 Å². The quantitative estimate of drug-likeness (QED) is 0.816. The van der Waals surface area contributed by atoms with Crippen LogP contribution in [0.15, 0.2) is 24.3 Å². The minimum Gasteiger partial charge on any atom is -0.381 e. The van der Waals surface area contributed by atoms with Crippen molar-refractivity contribution in [1.29, 1.82) is 0 Å². The third-order valence-electron chi connectivity index (χ3n) is 5.62. The van der Waals surface area contributed by atoms with E-state index in [1.807, 2.05) is 13.8 Å². The molecule has 0 aliphatic carbocycles. The third-order valence-corrected chi connectivity index (χ3v) is 5.62. The molecule has 4 atom stereocenters. The van der Waals surface area contributed by atoms with Crippen LogP contribution in [0, 0.1) is 5.92 Å². The Labute approximate surface area is 152 Å². The SMILES string of the molecule is CC(=O)N1c2ccccc2[C@]2(O)C[C@@H]3C(=O)N[C@@H](CC(C)C)C(=O)N3[C@H]12. The Morgan fingerprint density at radius 1 is 1.35 bits per heavy atom. The van der Waals surface area contributed by atoms with Crippen LogP contribution in [-0.4, -0.2) is 46.0 Å². The van der Waals surface area contributed by atoms with Gasteiger partial charge in [-0.1, -0.05) is 32.0 Å². The van der Waals surface area contributed by atoms with E-state index in [1.165, 1.54) is 16.7 Å². The number of aliphatic hydroxyl groups is 1. The first-order valence-corrected chi connectivity index (χ1v) is 9.00. The molecule has 3 aliphatic heterocycles. The second-order valence-electron chi connectivity index (χ2n) is 7.86. The van der Waals surface area contributed by atoms with E-state index in [1.54, 1.807) is 24.3 Å². The Morgan fingerprint density at radius 3 is 2.69 bits per heavy atom. The number of hydrogen-bond donors (Lipinski definition) is 2. The van der Waals surface area contributed by atoms with E-state index < -0.39 is 23.9 Å². The number of nitrogens with zero attached hydrogens (tertiary/aromatic N) is 2. The van der Waals surface area contributed by atoms with Crippen molar-refractivity contribution in [2.75, 3.05) is 4.90 Å². The summed E-state index contributed by atoms with van der Waals surface area (Å²) in [7, 11) is 0. The molecule has 0 bridgehead atoms. The minimum atomic E-state index is -1.44. The van der Waals surface area contributed by atoms with Crippen LogP contribution in [0.25, 0.3) is 0 Å². The second kappa shape index (κ2) is 5.54. The minimum absolute atomic E-state index is 0.0877. The Morgan fingerprint density at radius 2 is 2.04 bits per heavy atom. The predicted octanol–water partition coefficient (Wildman–Crippen LogP) is 0.712. The van der Waals surface area contributed by atoms with Crippen molar-refractivity contribution < 1.29 is 19.5 Å². The number of rotatable bonds is 2. The zero-order chi connectivity index (χ0) is 18.8. The summed E-state index contributed by atoms with van der Waals surface area (Å²) in [4.78, 5) is 41.1. The number of hydrogen-bond acceptors (Lipinski definition) is 4. The highest BCUT2D eigenvalue weighted by molar-refractivity contribution is 6.02. The van der Waals surface area contributed by atoms with Gasteiger partial charge in [0.2, 0.25) is 17.7 Å². The number of benzene rings is 1. The molecule has 3 amide bonds. The lowest BCUT2D eigenvalue weighted by Gasteiger charge is -2.41. The smallest absolute Gasteiger partial charge is 0.247 e. The maximum atomic E-state index is 13.2. The largest absolute Gasteiger partial charge is 0.381 e. The number of anilines is 1. The van der Waals surface area contributed by atoms with Gasteiger partial charge in [-0.2, -0.15) is 0 Å². The molecule has 0 radical (unpaired) electrons. The van der Waals surface area contributed by atoms with Crippen molar-refractivity contribution in [3.05, 3.63) is 29.8 Å². The second-order valence-corrected chi connectivity index (χ2v) is 7.86. The van der Waals surface area contributed by atoms with Crippen LogP contribution in [0.3, 0.4) is 0 Å². The molecule has 0 saturated carbocycles. The van der Waals surface area contributed by atoms with E-state index in [4.69, 9.17) is 0 Å². The van der Waals surface area contributed by atoms with Crippen LogP contribution in [0.1, 0.15) is 39.2 Å². The summed E-state index contributed by atoms with van der Waals surface area (Å²) < 4.78 is 0. The van der Waals surface area contributed by atoms with Crippen LogP contribution in [-0.2, 0) is 20.0 Å². The fraction of sp³-hybridized carbons (Fsp3) is 0.526. The molecule has 3 heterocycles. The van der Waals surface area contributed by atoms with Gasteiger partial charge in [-0.05, 0) is 18.4 Å². The molecule has 0 aromatic heterocycles. The molecule has 2 fully saturated rings. The lowest BCUT2D eigenvalue weighted by Crippen LogP contribution is -2.66. The predicted molar refractivity (Wildman–Crippen MR) is 93.9 cm³/mol. The van der Waals surface area contributed by atoms with Crippen molar-refractivity contribution in [3.63, 3.8) is 0 Å². The van der Waals surface area contributed by atoms with E-state index in [0.717, 1.165) is 0 Å². The molecule has 2 saturated heterocycles. The van der Waals surface area contributed by atoms with Crippen LogP contribution in [0.4, 0.5) is 5.69 Å². The van der Waals surface area contributed by atoms with E-state index in [-0.39, 0.29) is 30.1 Å². The van der Waals surface area contributed by atoms with E-state index in [2.05, 4.69) is 5.32 Å². The van der Waals surface area contributed by atoms with Gasteiger partial charge in [-0.25, -0.2) is 0 Å². The lowest BCUT2D eigenvalue weighted by atomic mass is 9.91. The Hall–Kier alpha value is -2.41. The summed E-state index contributed by atoms with van der Waals surface area (Å²) >= 11 is 0. The summed E-state index contributed by atoms with van der Waals surface area (Å²) in [6.07, 6.45) is -0.272. The molecule has 1 aromatic rings. The number of piperazine rings is 1. The van der Waals surface area contributed by atoms with Crippen LogP contribution >= 0.6 is 0 Å². The Balaban J connectivity index is 1.82. The number of fused-ring (bicyclic) bond motifs is 5. The summed E-state index contributed by atoms with van der Waals surface area (Å²) in [6.45, 7) is 5.38. The van der Waals surface area contributed by atoms with Crippen molar-refractivity contribution in [2.24, 2.45) is 5.92 Å². The molecular weight excluding hydrogens is 334 g/mol. The normalized spacial score (nSPS) is 32.4. The molecule has 7 nitrogen and oxygen atoms in total. The van der Waals surface area contributed by atoms with Crippen molar-refractivity contribution in [1.82, 2.24) is 10.2 Å². The van der Waals surface area contributed by atoms with Crippen LogP contribution in [0.5, 0.6) is 0 Å². The highest BCUT2D eigenvalue weighted by Gasteiger charge is 2.65. The van der Waals surface area contributed by atoms with Gasteiger partial charge in [0.15, 0.2) is 0 Å². The van der Waals surface area contributed by atoms with Crippen molar-refractivity contribution in [2.45, 2.75) is 57.5 Å². The van der Waals surface area contributed by atoms with Crippen molar-refractivity contribution in [3.8, 4) is 0 Å². The Bertz CT molecular complexity index is 808. The third kappa shape index (κ3) is 2.13. The first-order chi connectivity index (χ1) is 12.3. The van der Waals surface area contributed by atoms with Crippen LogP contribution < -0.4 is 10.2 Å². The molecule has 138 valence electrons. The summed E-state index contributed by atoms with van der Waals surface area (Å²) in [5, 5.41) is 14.3. The molecule has 0 unspecified atom stereocenters. The summed E-state index contributed by atoms with van der Waals surface area (Å²) in [5.74, 6) is -0.535. The maximum Gasteiger partial charge on any atom is 0.247 e. The number of amides is 3. The molecule has 3 aliphatic rings. The van der Waals surface area contributed by atoms with E-state index in [9.17, 15) is 19.5 Å². The van der Waals surface area contributed by atoms with Gasteiger partial charge in [0.05, 0.1) is 5.69 Å². The van der Waals surface area contributed by atoms with Gasteiger partial charge >= 0.3 is 0 Å². The summed E-state index contributed by atoms with van der Waals surface area (Å²) in [6, 6.07) is 5.72. The molecule has 26 heavy (non-hydrogen) atoms. The zero-order valence-electron chi connectivity index (χ0n) is 15.1. The van der Waals surface area contributed by atoms with Crippen molar-refractivity contribution >= 4 is 23.4 Å². The van der Waals surface area contributed by atoms with Crippen LogP contribution in [0.2, 0.25) is 0 Å². The zero-order valence-corrected chi connectivity index (χ0v) is 15.1. The maximum absolute atomic E-state index is 13.2. The molecule has 2 N–H and O–H groups in total. The van der Waals surface area contributed by atoms with Gasteiger partial charge in [-0.3, -0.25) is 19.3 Å². The number of nitrogens with one attached hydrogen (secondary N) is 1. The van der Waals surface area contributed by atoms with Gasteiger partial charge in [0.1, 0.15) is 23.9 Å². The first-order valence-electron chi connectivity index (χ1n) is 9.00. The average Bonchev–Trinajstić information content (AvgIpc) is 3.00. The van der Waals surface area contributed by atoms with Gasteiger partial charge in [-0.15, -0.1) is 0 Å². The Kier molecular flexibility index (Phi) is 3.63. The molecule has 1 aromatic carbocycles. The molecule has 0 spiro atoms. The monoisotopic (exact) mass is 357 g/mol. The van der Waals surface area contributed by atoms with E-state index in [0.29, 0.717) is 17.7 Å². The first kappa shape index (κ1) is 17.0. The molecule has 7 heteroatoms. The molecular formula is C19H23N3O4. The highest BCUT2D eigenvalue weighted by Crippen LogP contribution is 2.53. The van der Waals surface area contributed by atoms with Gasteiger partial charge in [0, 0.05) is 18.9 Å². The number of carbonyl (C=O) groups excluding carboxylic acids is 3. The molecule has 4 rings (SSSR count). The fourth-order valence-corrected chi connectivity index (χ4v) is 4.64. The summed E-state index contributed by atoms with van der Waals surface area (Å²) in [5.41, 5.74) is -0.243. The highest BCUT2D eigenvalue weighted by atomic mass is 16.3. The van der Waals surface area contributed by atoms with E-state index >= 15 is 0 Å². The number of para-hydroxylation sites is 1. The number of carbonyl (C=O) groups is 3. The fourth-order valence-electron chi connectivity index (χ4n) is 4.64. The topological polar surface area (TPSA) is 90.0 Å². The standard InChI is InChI=1S/C19H23N3O4/c1-10(2)8-13-17(25)22-15(16(24)20-13)9-19(26)12-6-4-5-7-14(12)21(11(3)23)18(19)22/h4-7,10,13,15,18,26H,8-9H2,1-3H3,(H,20,24)/t13-,15+,18-,19+/m0/s1. The van der Waals surface area contributed by atoms with Gasteiger partial charge < -0.3 is 15.3 Å². The average molecular weight is 357 g/mol. The lowest BCUT2D eigenvalue weighted by molar-refractivity contribution is -0.150.